The highest BCUT2D eigenvalue weighted by Crippen LogP contribution is 2.17. The maximum absolute atomic E-state index is 10.0. The van der Waals surface area contributed by atoms with Crippen LogP contribution in [0.15, 0.2) is 24.3 Å². The lowest BCUT2D eigenvalue weighted by Crippen LogP contribution is -2.15. The number of aryl methyl sites for hydroxylation is 1. The largest absolute Gasteiger partial charge is 0.393 e. The van der Waals surface area contributed by atoms with Crippen molar-refractivity contribution in [2.45, 2.75) is 32.4 Å². The van der Waals surface area contributed by atoms with E-state index in [4.69, 9.17) is 0 Å². The van der Waals surface area contributed by atoms with Gasteiger partial charge in [0.05, 0.1) is 17.1 Å². The Labute approximate surface area is 112 Å². The highest BCUT2D eigenvalue weighted by Gasteiger charge is 2.13. The van der Waals surface area contributed by atoms with E-state index in [0.29, 0.717) is 6.42 Å². The van der Waals surface area contributed by atoms with Crippen LogP contribution in [0.1, 0.15) is 19.2 Å². The monoisotopic (exact) mass is 264 g/mol. The smallest absolute Gasteiger partial charge is 0.112 e. The van der Waals surface area contributed by atoms with E-state index in [9.17, 15) is 5.11 Å². The van der Waals surface area contributed by atoms with Crippen molar-refractivity contribution >= 4 is 22.8 Å². The van der Waals surface area contributed by atoms with Gasteiger partial charge in [-0.2, -0.15) is 11.8 Å². The topological polar surface area (TPSA) is 38.0 Å². The normalized spacial score (nSPS) is 13.1. The minimum Gasteiger partial charge on any atom is -0.393 e. The molecule has 3 nitrogen and oxygen atoms in total. The van der Waals surface area contributed by atoms with Crippen LogP contribution in [0.4, 0.5) is 0 Å². The molecule has 0 aliphatic carbocycles. The van der Waals surface area contributed by atoms with Gasteiger partial charge in [0, 0.05) is 13.0 Å². The molecule has 98 valence electrons. The van der Waals surface area contributed by atoms with Crippen molar-refractivity contribution in [3.63, 3.8) is 0 Å². The lowest BCUT2D eigenvalue weighted by atomic mass is 10.2. The second kappa shape index (κ2) is 6.25. The molecule has 0 aliphatic heterocycles. The molecule has 0 amide bonds. The van der Waals surface area contributed by atoms with Crippen molar-refractivity contribution in [2.75, 3.05) is 12.0 Å². The Morgan fingerprint density at radius 1 is 1.39 bits per heavy atom. The van der Waals surface area contributed by atoms with Crippen LogP contribution < -0.4 is 0 Å². The number of para-hydroxylation sites is 2. The first-order valence-corrected chi connectivity index (χ1v) is 7.76. The summed E-state index contributed by atoms with van der Waals surface area (Å²) in [5, 5.41) is 10.0. The van der Waals surface area contributed by atoms with Crippen LogP contribution >= 0.6 is 11.8 Å². The number of aliphatic hydroxyl groups excluding tert-OH is 1. The Morgan fingerprint density at radius 3 is 2.89 bits per heavy atom. The van der Waals surface area contributed by atoms with Crippen LogP contribution in [0, 0.1) is 0 Å². The molecule has 0 fully saturated rings. The minimum atomic E-state index is -0.292. The summed E-state index contributed by atoms with van der Waals surface area (Å²) < 4.78 is 2.19. The van der Waals surface area contributed by atoms with Gasteiger partial charge in [0.2, 0.25) is 0 Å². The van der Waals surface area contributed by atoms with Crippen LogP contribution in [0.25, 0.3) is 11.0 Å². The number of nitrogens with zero attached hydrogens (tertiary/aromatic N) is 2. The van der Waals surface area contributed by atoms with E-state index in [-0.39, 0.29) is 6.10 Å². The molecule has 2 aromatic rings. The molecule has 1 aromatic heterocycles. The number of thioether (sulfide) groups is 1. The molecule has 4 heteroatoms. The second-order valence-corrected chi connectivity index (χ2v) is 5.39. The van der Waals surface area contributed by atoms with Gasteiger partial charge >= 0.3 is 0 Å². The number of hydrogen-bond donors (Lipinski definition) is 1. The van der Waals surface area contributed by atoms with Crippen LogP contribution in [-0.4, -0.2) is 32.8 Å². The predicted octanol–water partition coefficient (Wildman–Crippen LogP) is 2.71. The Bertz CT molecular complexity index is 509. The van der Waals surface area contributed by atoms with Crippen LogP contribution in [0.2, 0.25) is 0 Å². The highest BCUT2D eigenvalue weighted by atomic mass is 32.2. The van der Waals surface area contributed by atoms with E-state index in [2.05, 4.69) is 28.8 Å². The third kappa shape index (κ3) is 2.87. The molecule has 1 unspecified atom stereocenters. The Balaban J connectivity index is 2.21. The summed E-state index contributed by atoms with van der Waals surface area (Å²) in [5.74, 6) is 1.99. The maximum atomic E-state index is 10.0. The molecule has 0 spiro atoms. The minimum absolute atomic E-state index is 0.292. The average molecular weight is 264 g/mol. The molecule has 2 rings (SSSR count). The zero-order valence-corrected chi connectivity index (χ0v) is 11.8. The second-order valence-electron chi connectivity index (χ2n) is 4.40. The number of aliphatic hydroxyl groups is 1. The zero-order valence-electron chi connectivity index (χ0n) is 11.0. The first-order valence-electron chi connectivity index (χ1n) is 6.37. The van der Waals surface area contributed by atoms with Crippen LogP contribution in [-0.2, 0) is 13.0 Å². The highest BCUT2D eigenvalue weighted by molar-refractivity contribution is 7.98. The van der Waals surface area contributed by atoms with E-state index in [1.165, 1.54) is 0 Å². The van der Waals surface area contributed by atoms with Crippen molar-refractivity contribution in [3.05, 3.63) is 30.1 Å². The predicted molar refractivity (Wildman–Crippen MR) is 78.1 cm³/mol. The fourth-order valence-corrected chi connectivity index (χ4v) is 2.71. The van der Waals surface area contributed by atoms with Crippen molar-refractivity contribution in [1.29, 1.82) is 0 Å². The molecule has 0 saturated heterocycles. The number of fused-ring (bicyclic) bond motifs is 1. The van der Waals surface area contributed by atoms with Crippen molar-refractivity contribution in [2.24, 2.45) is 0 Å². The number of rotatable bonds is 6. The summed E-state index contributed by atoms with van der Waals surface area (Å²) in [6.45, 7) is 3.01. The van der Waals surface area contributed by atoms with E-state index in [1.54, 1.807) is 11.8 Å². The standard InChI is InChI=1S/C14H20N2OS/c1-3-16-13-7-5-4-6-12(13)15-14(16)10-11(17)8-9-18-2/h4-7,11,17H,3,8-10H2,1-2H3. The summed E-state index contributed by atoms with van der Waals surface area (Å²) in [5.41, 5.74) is 2.18. The summed E-state index contributed by atoms with van der Waals surface area (Å²) in [6.07, 6.45) is 3.24. The third-order valence-electron chi connectivity index (χ3n) is 3.12. The Kier molecular flexibility index (Phi) is 4.66. The van der Waals surface area contributed by atoms with Gasteiger partial charge in [-0.15, -0.1) is 0 Å². The summed E-state index contributed by atoms with van der Waals surface area (Å²) in [6, 6.07) is 8.15. The lowest BCUT2D eigenvalue weighted by molar-refractivity contribution is 0.168. The molecule has 1 atom stereocenters. The van der Waals surface area contributed by atoms with Crippen LogP contribution in [0.5, 0.6) is 0 Å². The van der Waals surface area contributed by atoms with Gasteiger partial charge in [0.25, 0.3) is 0 Å². The number of aromatic nitrogens is 2. The molecule has 0 aliphatic rings. The molecule has 0 bridgehead atoms. The van der Waals surface area contributed by atoms with Gasteiger partial charge in [0.1, 0.15) is 5.82 Å². The molecular weight excluding hydrogens is 244 g/mol. The third-order valence-corrected chi connectivity index (χ3v) is 3.77. The average Bonchev–Trinajstić information content (AvgIpc) is 2.73. The van der Waals surface area contributed by atoms with Crippen molar-refractivity contribution in [1.82, 2.24) is 9.55 Å². The van der Waals surface area contributed by atoms with Crippen LogP contribution in [0.3, 0.4) is 0 Å². The summed E-state index contributed by atoms with van der Waals surface area (Å²) in [4.78, 5) is 4.63. The number of benzene rings is 1. The first-order chi connectivity index (χ1) is 8.76. The molecule has 0 radical (unpaired) electrons. The van der Waals surface area contributed by atoms with E-state index >= 15 is 0 Å². The zero-order chi connectivity index (χ0) is 13.0. The van der Waals surface area contributed by atoms with E-state index in [0.717, 1.165) is 35.6 Å². The lowest BCUT2D eigenvalue weighted by Gasteiger charge is -2.11. The summed E-state index contributed by atoms with van der Waals surface area (Å²) >= 11 is 1.77. The molecule has 1 aromatic carbocycles. The quantitative estimate of drug-likeness (QED) is 0.872. The fraction of sp³-hybridized carbons (Fsp3) is 0.500. The molecule has 1 heterocycles. The van der Waals surface area contributed by atoms with Gasteiger partial charge in [0.15, 0.2) is 0 Å². The van der Waals surface area contributed by atoms with Gasteiger partial charge in [-0.05, 0) is 37.5 Å². The van der Waals surface area contributed by atoms with Gasteiger partial charge in [-0.25, -0.2) is 4.98 Å². The van der Waals surface area contributed by atoms with Crippen molar-refractivity contribution in [3.8, 4) is 0 Å². The first kappa shape index (κ1) is 13.4. The maximum Gasteiger partial charge on any atom is 0.112 e. The van der Waals surface area contributed by atoms with Gasteiger partial charge in [-0.3, -0.25) is 0 Å². The fourth-order valence-electron chi connectivity index (χ4n) is 2.20. The van der Waals surface area contributed by atoms with E-state index < -0.39 is 0 Å². The Morgan fingerprint density at radius 2 is 2.17 bits per heavy atom. The van der Waals surface area contributed by atoms with Crippen molar-refractivity contribution < 1.29 is 5.11 Å². The SMILES string of the molecule is CCn1c(CC(O)CCSC)nc2ccccc21. The molecular formula is C14H20N2OS. The van der Waals surface area contributed by atoms with E-state index in [1.807, 2.05) is 18.2 Å². The van der Waals surface area contributed by atoms with Gasteiger partial charge in [-0.1, -0.05) is 12.1 Å². The molecule has 0 saturated carbocycles. The molecule has 1 N–H and O–H groups in total. The Hall–Kier alpha value is -1.00. The molecule has 18 heavy (non-hydrogen) atoms. The summed E-state index contributed by atoms with van der Waals surface area (Å²) in [7, 11) is 0. The number of imidazole rings is 1. The number of hydrogen-bond acceptors (Lipinski definition) is 3. The van der Waals surface area contributed by atoms with Gasteiger partial charge < -0.3 is 9.67 Å².